The number of piperidine rings is 1. The average molecular weight is 336 g/mol. The Morgan fingerprint density at radius 2 is 2.09 bits per heavy atom. The van der Waals surface area contributed by atoms with Crippen molar-refractivity contribution in [1.82, 2.24) is 23.8 Å². The summed E-state index contributed by atoms with van der Waals surface area (Å²) in [6.45, 7) is 0.972. The Balaban J connectivity index is 1.75. The van der Waals surface area contributed by atoms with E-state index >= 15 is 0 Å². The van der Waals surface area contributed by atoms with Crippen molar-refractivity contribution in [3.8, 4) is 0 Å². The Labute approximate surface area is 135 Å². The van der Waals surface area contributed by atoms with Gasteiger partial charge in [-0.05, 0) is 25.2 Å². The molecular formula is C14H20N6O2S. The number of nitrogens with two attached hydrogens (primary N) is 1. The second kappa shape index (κ2) is 6.25. The molecule has 1 saturated heterocycles. The molecule has 1 aliphatic heterocycles. The lowest BCUT2D eigenvalue weighted by Gasteiger charge is -2.31. The highest BCUT2D eigenvalue weighted by Crippen LogP contribution is 2.25. The second-order valence-electron chi connectivity index (χ2n) is 5.84. The maximum absolute atomic E-state index is 12.7. The van der Waals surface area contributed by atoms with Crippen LogP contribution in [-0.2, 0) is 23.5 Å². The highest BCUT2D eigenvalue weighted by molar-refractivity contribution is 7.89. The number of aromatic nitrogens is 4. The molecule has 0 aromatic carbocycles. The van der Waals surface area contributed by atoms with Gasteiger partial charge >= 0.3 is 0 Å². The number of rotatable bonds is 4. The van der Waals surface area contributed by atoms with E-state index in [1.165, 1.54) is 16.8 Å². The molecule has 3 rings (SSSR count). The average Bonchev–Trinajstić information content (AvgIpc) is 2.97. The predicted octanol–water partition coefficient (Wildman–Crippen LogP) is 0.436. The van der Waals surface area contributed by atoms with E-state index in [0.717, 1.165) is 18.5 Å². The van der Waals surface area contributed by atoms with Crippen LogP contribution >= 0.6 is 0 Å². The van der Waals surface area contributed by atoms with E-state index in [-0.39, 0.29) is 10.9 Å². The number of anilines is 1. The van der Waals surface area contributed by atoms with Gasteiger partial charge in [-0.1, -0.05) is 0 Å². The number of sulfonamides is 1. The topological polar surface area (TPSA) is 107 Å². The third kappa shape index (κ3) is 3.35. The van der Waals surface area contributed by atoms with E-state index in [1.807, 2.05) is 0 Å². The quantitative estimate of drug-likeness (QED) is 0.868. The second-order valence-corrected chi connectivity index (χ2v) is 7.73. The molecule has 0 unspecified atom stereocenters. The molecule has 1 atom stereocenters. The minimum absolute atomic E-state index is 0.0969. The van der Waals surface area contributed by atoms with Crippen molar-refractivity contribution in [2.24, 2.45) is 13.0 Å². The summed E-state index contributed by atoms with van der Waals surface area (Å²) >= 11 is 0. The van der Waals surface area contributed by atoms with E-state index < -0.39 is 10.0 Å². The van der Waals surface area contributed by atoms with Crippen LogP contribution in [0.2, 0.25) is 0 Å². The van der Waals surface area contributed by atoms with Gasteiger partial charge in [-0.2, -0.15) is 4.31 Å². The van der Waals surface area contributed by atoms with Gasteiger partial charge in [0, 0.05) is 38.7 Å². The van der Waals surface area contributed by atoms with Crippen molar-refractivity contribution >= 4 is 15.8 Å². The molecular weight excluding hydrogens is 316 g/mol. The summed E-state index contributed by atoms with van der Waals surface area (Å²) in [5.74, 6) is 0.596. The first kappa shape index (κ1) is 15.9. The molecule has 0 radical (unpaired) electrons. The highest BCUT2D eigenvalue weighted by Gasteiger charge is 2.32. The molecule has 8 nitrogen and oxygen atoms in total. The van der Waals surface area contributed by atoms with Crippen molar-refractivity contribution in [2.45, 2.75) is 24.3 Å². The summed E-state index contributed by atoms with van der Waals surface area (Å²) in [4.78, 5) is 12.3. The lowest BCUT2D eigenvalue weighted by molar-refractivity contribution is 0.264. The zero-order chi connectivity index (χ0) is 16.4. The predicted molar refractivity (Wildman–Crippen MR) is 84.8 cm³/mol. The largest absolute Gasteiger partial charge is 0.382 e. The zero-order valence-electron chi connectivity index (χ0n) is 13.0. The molecule has 124 valence electrons. The van der Waals surface area contributed by atoms with Crippen LogP contribution in [0.15, 0.2) is 29.9 Å². The van der Waals surface area contributed by atoms with Crippen LogP contribution in [0.5, 0.6) is 0 Å². The van der Waals surface area contributed by atoms with Crippen LogP contribution in [0.3, 0.4) is 0 Å². The fourth-order valence-corrected chi connectivity index (χ4v) is 4.40. The SMILES string of the molecule is Cn1cnc(S(=O)(=O)N2CCC[C@H](Cc3nccnc3N)C2)c1. The molecule has 2 N–H and O–H groups in total. The lowest BCUT2D eigenvalue weighted by Crippen LogP contribution is -2.40. The van der Waals surface area contributed by atoms with Crippen LogP contribution in [0.4, 0.5) is 5.82 Å². The van der Waals surface area contributed by atoms with Gasteiger partial charge in [-0.15, -0.1) is 0 Å². The number of nitrogens with zero attached hydrogens (tertiary/aromatic N) is 5. The Hall–Kier alpha value is -2.00. The molecule has 1 fully saturated rings. The molecule has 0 aliphatic carbocycles. The van der Waals surface area contributed by atoms with Gasteiger partial charge < -0.3 is 10.3 Å². The smallest absolute Gasteiger partial charge is 0.262 e. The monoisotopic (exact) mass is 336 g/mol. The molecule has 9 heteroatoms. The number of imidazole rings is 1. The summed E-state index contributed by atoms with van der Waals surface area (Å²) in [5, 5.41) is 0.0969. The van der Waals surface area contributed by atoms with Crippen molar-refractivity contribution in [3.05, 3.63) is 30.6 Å². The standard InChI is InChI=1S/C14H20N6O2S/c1-19-9-13(18-10-19)23(21,22)20-6-2-3-11(8-20)7-12-14(15)17-5-4-16-12/h4-5,9-11H,2-3,6-8H2,1H3,(H2,15,17)/t11-/m1/s1. The first-order valence-corrected chi connectivity index (χ1v) is 8.94. The number of hydrogen-bond acceptors (Lipinski definition) is 6. The lowest BCUT2D eigenvalue weighted by atomic mass is 9.94. The summed E-state index contributed by atoms with van der Waals surface area (Å²) < 4.78 is 28.5. The van der Waals surface area contributed by atoms with Crippen LogP contribution < -0.4 is 5.73 Å². The van der Waals surface area contributed by atoms with Crippen LogP contribution in [-0.4, -0.2) is 45.3 Å². The maximum Gasteiger partial charge on any atom is 0.262 e. The minimum Gasteiger partial charge on any atom is -0.382 e. The molecule has 3 heterocycles. The van der Waals surface area contributed by atoms with E-state index in [4.69, 9.17) is 5.73 Å². The van der Waals surface area contributed by atoms with Crippen molar-refractivity contribution < 1.29 is 8.42 Å². The third-order valence-corrected chi connectivity index (χ3v) is 5.81. The molecule has 0 spiro atoms. The zero-order valence-corrected chi connectivity index (χ0v) is 13.8. The van der Waals surface area contributed by atoms with Crippen molar-refractivity contribution in [1.29, 1.82) is 0 Å². The van der Waals surface area contributed by atoms with Crippen molar-refractivity contribution in [2.75, 3.05) is 18.8 Å². The Kier molecular flexibility index (Phi) is 4.31. The van der Waals surface area contributed by atoms with Gasteiger partial charge in [-0.3, -0.25) is 4.98 Å². The van der Waals surface area contributed by atoms with Gasteiger partial charge in [0.25, 0.3) is 10.0 Å². The normalized spacial score (nSPS) is 19.8. The van der Waals surface area contributed by atoms with Gasteiger partial charge in [0.2, 0.25) is 0 Å². The first-order valence-electron chi connectivity index (χ1n) is 7.50. The first-order chi connectivity index (χ1) is 11.0. The highest BCUT2D eigenvalue weighted by atomic mass is 32.2. The van der Waals surface area contributed by atoms with E-state index in [1.54, 1.807) is 24.0 Å². The molecule has 23 heavy (non-hydrogen) atoms. The number of aryl methyl sites for hydroxylation is 1. The summed E-state index contributed by atoms with van der Waals surface area (Å²) in [6, 6.07) is 0. The summed E-state index contributed by atoms with van der Waals surface area (Å²) in [6.07, 6.45) is 8.58. The fourth-order valence-electron chi connectivity index (χ4n) is 2.87. The van der Waals surface area contributed by atoms with E-state index in [2.05, 4.69) is 15.0 Å². The molecule has 1 aliphatic rings. The minimum atomic E-state index is -3.54. The van der Waals surface area contributed by atoms with Crippen LogP contribution in [0.1, 0.15) is 18.5 Å². The third-order valence-electron chi connectivity index (χ3n) is 4.06. The molecule has 0 bridgehead atoms. The van der Waals surface area contributed by atoms with Gasteiger partial charge in [-0.25, -0.2) is 18.4 Å². The van der Waals surface area contributed by atoms with Crippen molar-refractivity contribution in [3.63, 3.8) is 0 Å². The number of nitrogen functional groups attached to an aromatic ring is 1. The van der Waals surface area contributed by atoms with Crippen LogP contribution in [0, 0.1) is 5.92 Å². The van der Waals surface area contributed by atoms with Gasteiger partial charge in [0.05, 0.1) is 12.0 Å². The molecule has 0 amide bonds. The van der Waals surface area contributed by atoms with Gasteiger partial charge in [0.15, 0.2) is 5.03 Å². The van der Waals surface area contributed by atoms with E-state index in [0.29, 0.717) is 25.3 Å². The molecule has 2 aromatic heterocycles. The van der Waals surface area contributed by atoms with E-state index in [9.17, 15) is 8.42 Å². The van der Waals surface area contributed by atoms with Crippen LogP contribution in [0.25, 0.3) is 0 Å². The molecule has 2 aromatic rings. The summed E-state index contributed by atoms with van der Waals surface area (Å²) in [7, 11) is -1.79. The Bertz CT molecular complexity index is 788. The molecule has 0 saturated carbocycles. The Morgan fingerprint density at radius 3 is 2.78 bits per heavy atom. The summed E-state index contributed by atoms with van der Waals surface area (Å²) in [5.41, 5.74) is 6.56. The number of hydrogen-bond donors (Lipinski definition) is 1. The Morgan fingerprint density at radius 1 is 1.30 bits per heavy atom. The van der Waals surface area contributed by atoms with Gasteiger partial charge in [0.1, 0.15) is 5.82 Å². The maximum atomic E-state index is 12.7. The fraction of sp³-hybridized carbons (Fsp3) is 0.500.